The molecule has 2 aliphatic rings. The van der Waals surface area contributed by atoms with E-state index >= 15 is 0 Å². The average molecular weight is 480 g/mol. The summed E-state index contributed by atoms with van der Waals surface area (Å²) >= 11 is 1.43. The third kappa shape index (κ3) is 4.63. The van der Waals surface area contributed by atoms with E-state index in [2.05, 4.69) is 50.9 Å². The van der Waals surface area contributed by atoms with Crippen molar-refractivity contribution in [1.82, 2.24) is 14.8 Å². The van der Waals surface area contributed by atoms with Gasteiger partial charge in [0.1, 0.15) is 5.75 Å². The third-order valence-corrected chi connectivity index (χ3v) is 7.15. The van der Waals surface area contributed by atoms with Gasteiger partial charge in [0.25, 0.3) is 0 Å². The number of carbonyl (C=O) groups excluding carboxylic acids is 1. The number of aromatic nitrogens is 3. The molecule has 0 spiro atoms. The molecule has 3 aromatic rings. The number of aryl methyl sites for hydroxylation is 2. The Morgan fingerprint density at radius 3 is 2.65 bits per heavy atom. The first-order valence-corrected chi connectivity index (χ1v) is 12.6. The van der Waals surface area contributed by atoms with E-state index in [-0.39, 0.29) is 5.91 Å². The van der Waals surface area contributed by atoms with Gasteiger partial charge in [0.05, 0.1) is 31.8 Å². The molecule has 0 N–H and O–H groups in total. The van der Waals surface area contributed by atoms with Gasteiger partial charge in [-0.25, -0.2) is 0 Å². The van der Waals surface area contributed by atoms with Crippen molar-refractivity contribution in [3.05, 3.63) is 53.6 Å². The zero-order chi connectivity index (χ0) is 23.5. The molecule has 178 valence electrons. The third-order valence-electron chi connectivity index (χ3n) is 6.23. The van der Waals surface area contributed by atoms with Crippen LogP contribution in [0.3, 0.4) is 0 Å². The number of morpholine rings is 1. The highest BCUT2D eigenvalue weighted by atomic mass is 32.2. The number of hydrogen-bond donors (Lipinski definition) is 0. The van der Waals surface area contributed by atoms with Crippen molar-refractivity contribution in [3.63, 3.8) is 0 Å². The van der Waals surface area contributed by atoms with Crippen LogP contribution in [0.4, 0.5) is 11.6 Å². The summed E-state index contributed by atoms with van der Waals surface area (Å²) in [4.78, 5) is 17.4. The van der Waals surface area contributed by atoms with Gasteiger partial charge >= 0.3 is 0 Å². The molecule has 1 fully saturated rings. The molecular weight excluding hydrogens is 450 g/mol. The summed E-state index contributed by atoms with van der Waals surface area (Å²) in [5.74, 6) is 1.97. The van der Waals surface area contributed by atoms with E-state index in [1.807, 2.05) is 23.1 Å². The van der Waals surface area contributed by atoms with Gasteiger partial charge in [-0.1, -0.05) is 29.5 Å². The molecule has 1 amide bonds. The van der Waals surface area contributed by atoms with Crippen molar-refractivity contribution >= 4 is 29.3 Å². The molecule has 9 heteroatoms. The number of fused-ring (bicyclic) bond motifs is 1. The smallest absolute Gasteiger partial charge is 0.237 e. The molecule has 2 aliphatic heterocycles. The van der Waals surface area contributed by atoms with Gasteiger partial charge in [-0.3, -0.25) is 9.36 Å². The lowest BCUT2D eigenvalue weighted by Gasteiger charge is -2.30. The first kappa shape index (κ1) is 22.7. The Labute approximate surface area is 203 Å². The van der Waals surface area contributed by atoms with E-state index in [9.17, 15) is 4.79 Å². The first-order chi connectivity index (χ1) is 16.6. The van der Waals surface area contributed by atoms with Crippen LogP contribution in [0.1, 0.15) is 17.5 Å². The quantitative estimate of drug-likeness (QED) is 0.501. The van der Waals surface area contributed by atoms with E-state index in [1.165, 1.54) is 17.3 Å². The summed E-state index contributed by atoms with van der Waals surface area (Å²) in [6, 6.07) is 14.2. The van der Waals surface area contributed by atoms with Crippen molar-refractivity contribution in [2.24, 2.45) is 0 Å². The minimum atomic E-state index is 0.0718. The Morgan fingerprint density at radius 1 is 1.09 bits per heavy atom. The zero-order valence-electron chi connectivity index (χ0n) is 19.6. The molecular formula is C25H29N5O3S. The van der Waals surface area contributed by atoms with E-state index in [0.717, 1.165) is 61.1 Å². The van der Waals surface area contributed by atoms with Crippen LogP contribution >= 0.6 is 11.8 Å². The Kier molecular flexibility index (Phi) is 6.73. The number of anilines is 2. The number of hydrogen-bond acceptors (Lipinski definition) is 7. The Bertz CT molecular complexity index is 1160. The molecule has 1 saturated heterocycles. The SMILES string of the molecule is COc1ccc2c(c1)CCCN2C(=O)CSc1nnc(N2CCOCC2)n1-c1ccc(C)cc1. The molecule has 2 aromatic carbocycles. The van der Waals surface area contributed by atoms with Crippen LogP contribution < -0.4 is 14.5 Å². The largest absolute Gasteiger partial charge is 0.497 e. The van der Waals surface area contributed by atoms with E-state index in [4.69, 9.17) is 9.47 Å². The van der Waals surface area contributed by atoms with E-state index < -0.39 is 0 Å². The van der Waals surface area contributed by atoms with Crippen molar-refractivity contribution in [2.45, 2.75) is 24.9 Å². The number of ether oxygens (including phenoxy) is 2. The number of nitrogens with zero attached hydrogens (tertiary/aromatic N) is 5. The number of rotatable bonds is 6. The number of carbonyl (C=O) groups is 1. The number of methoxy groups -OCH3 is 1. The lowest BCUT2D eigenvalue weighted by Crippen LogP contribution is -2.38. The molecule has 0 bridgehead atoms. The summed E-state index contributed by atoms with van der Waals surface area (Å²) in [7, 11) is 1.67. The minimum absolute atomic E-state index is 0.0718. The maximum atomic E-state index is 13.3. The van der Waals surface area contributed by atoms with Crippen LogP contribution in [0, 0.1) is 6.92 Å². The average Bonchev–Trinajstić information content (AvgIpc) is 3.31. The second-order valence-electron chi connectivity index (χ2n) is 8.49. The van der Waals surface area contributed by atoms with E-state index in [1.54, 1.807) is 7.11 Å². The summed E-state index contributed by atoms with van der Waals surface area (Å²) < 4.78 is 12.9. The second kappa shape index (κ2) is 10.1. The molecule has 1 aromatic heterocycles. The summed E-state index contributed by atoms with van der Waals surface area (Å²) in [6.07, 6.45) is 1.89. The summed E-state index contributed by atoms with van der Waals surface area (Å²) in [6.45, 7) is 5.66. The Balaban J connectivity index is 1.38. The molecule has 0 radical (unpaired) electrons. The maximum Gasteiger partial charge on any atom is 0.237 e. The number of amides is 1. The topological polar surface area (TPSA) is 72.7 Å². The van der Waals surface area contributed by atoms with Crippen molar-refractivity contribution in [3.8, 4) is 11.4 Å². The molecule has 0 aliphatic carbocycles. The summed E-state index contributed by atoms with van der Waals surface area (Å²) in [5, 5.41) is 9.70. The van der Waals surface area contributed by atoms with Gasteiger partial charge in [-0.15, -0.1) is 10.2 Å². The molecule has 34 heavy (non-hydrogen) atoms. The highest BCUT2D eigenvalue weighted by molar-refractivity contribution is 7.99. The summed E-state index contributed by atoms with van der Waals surface area (Å²) in [5.41, 5.74) is 4.31. The van der Waals surface area contributed by atoms with Crippen molar-refractivity contribution in [2.75, 3.05) is 55.5 Å². The highest BCUT2D eigenvalue weighted by Gasteiger charge is 2.26. The van der Waals surface area contributed by atoms with E-state index in [0.29, 0.717) is 24.1 Å². The normalized spacial score (nSPS) is 15.8. The molecule has 5 rings (SSSR count). The molecule has 3 heterocycles. The van der Waals surface area contributed by atoms with Crippen LogP contribution in [0.5, 0.6) is 5.75 Å². The van der Waals surface area contributed by atoms with Gasteiger partial charge in [0.15, 0.2) is 5.16 Å². The predicted molar refractivity (Wildman–Crippen MR) is 134 cm³/mol. The number of benzene rings is 2. The molecule has 0 unspecified atom stereocenters. The fraction of sp³-hybridized carbons (Fsp3) is 0.400. The highest BCUT2D eigenvalue weighted by Crippen LogP contribution is 2.32. The standard InChI is InChI=1S/C25H29N5O3S/c1-18-5-7-20(8-6-18)30-24(28-12-14-33-15-13-28)26-27-25(30)34-17-23(31)29-11-3-4-19-16-21(32-2)9-10-22(19)29/h5-10,16H,3-4,11-15,17H2,1-2H3. The monoisotopic (exact) mass is 479 g/mol. The van der Waals surface area contributed by atoms with Gasteiger partial charge in [-0.05, 0) is 55.7 Å². The fourth-order valence-electron chi connectivity index (χ4n) is 4.41. The van der Waals surface area contributed by atoms with Crippen LogP contribution in [-0.4, -0.2) is 66.4 Å². The fourth-order valence-corrected chi connectivity index (χ4v) is 5.23. The zero-order valence-corrected chi connectivity index (χ0v) is 20.4. The second-order valence-corrected chi connectivity index (χ2v) is 9.43. The predicted octanol–water partition coefficient (Wildman–Crippen LogP) is 3.49. The molecule has 0 saturated carbocycles. The van der Waals surface area contributed by atoms with Gasteiger partial charge in [0, 0.05) is 25.3 Å². The van der Waals surface area contributed by atoms with Crippen LogP contribution in [0.25, 0.3) is 5.69 Å². The van der Waals surface area contributed by atoms with Gasteiger partial charge in [-0.2, -0.15) is 0 Å². The lowest BCUT2D eigenvalue weighted by molar-refractivity contribution is -0.116. The van der Waals surface area contributed by atoms with Crippen molar-refractivity contribution in [1.29, 1.82) is 0 Å². The van der Waals surface area contributed by atoms with Crippen LogP contribution in [-0.2, 0) is 16.0 Å². The Hall–Kier alpha value is -3.04. The van der Waals surface area contributed by atoms with Gasteiger partial charge < -0.3 is 19.3 Å². The first-order valence-electron chi connectivity index (χ1n) is 11.6. The Morgan fingerprint density at radius 2 is 1.88 bits per heavy atom. The van der Waals surface area contributed by atoms with Crippen LogP contribution in [0.15, 0.2) is 47.6 Å². The molecule has 0 atom stereocenters. The van der Waals surface area contributed by atoms with Crippen LogP contribution in [0.2, 0.25) is 0 Å². The lowest BCUT2D eigenvalue weighted by atomic mass is 10.0. The molecule has 8 nitrogen and oxygen atoms in total. The van der Waals surface area contributed by atoms with Crippen molar-refractivity contribution < 1.29 is 14.3 Å². The number of thioether (sulfide) groups is 1. The van der Waals surface area contributed by atoms with Gasteiger partial charge in [0.2, 0.25) is 11.9 Å². The maximum absolute atomic E-state index is 13.3. The minimum Gasteiger partial charge on any atom is -0.497 e.